The van der Waals surface area contributed by atoms with Crippen molar-refractivity contribution in [1.82, 2.24) is 5.32 Å². The number of nitrogens with one attached hydrogen (secondary N) is 1. The van der Waals surface area contributed by atoms with Gasteiger partial charge in [0.25, 0.3) is 0 Å². The minimum atomic E-state index is 0.113. The molecule has 1 heterocycles. The summed E-state index contributed by atoms with van der Waals surface area (Å²) >= 11 is 0. The summed E-state index contributed by atoms with van der Waals surface area (Å²) in [5.74, 6) is 1.80. The fraction of sp³-hybridized carbons (Fsp3) is 1.00. The molecular formula is C16H31NO. The number of hydrogen-bond acceptors (Lipinski definition) is 2. The van der Waals surface area contributed by atoms with E-state index in [-0.39, 0.29) is 5.60 Å². The van der Waals surface area contributed by atoms with E-state index in [0.717, 1.165) is 30.9 Å². The van der Waals surface area contributed by atoms with Gasteiger partial charge in [-0.1, -0.05) is 27.2 Å². The molecule has 2 nitrogen and oxygen atoms in total. The maximum atomic E-state index is 5.94. The number of ether oxygens (including phenoxy) is 1. The molecule has 2 rings (SSSR count). The molecule has 5 unspecified atom stereocenters. The summed E-state index contributed by atoms with van der Waals surface area (Å²) in [7, 11) is 0. The first-order valence-corrected chi connectivity index (χ1v) is 7.98. The van der Waals surface area contributed by atoms with Crippen molar-refractivity contribution < 1.29 is 4.74 Å². The lowest BCUT2D eigenvalue weighted by Crippen LogP contribution is -2.49. The molecule has 5 atom stereocenters. The quantitative estimate of drug-likeness (QED) is 0.824. The second-order valence-electron chi connectivity index (χ2n) is 6.72. The molecule has 1 N–H and O–H groups in total. The highest BCUT2D eigenvalue weighted by molar-refractivity contribution is 4.92. The summed E-state index contributed by atoms with van der Waals surface area (Å²) in [6, 6.07) is 1.42. The highest BCUT2D eigenvalue weighted by Crippen LogP contribution is 2.35. The van der Waals surface area contributed by atoms with Gasteiger partial charge in [0, 0.05) is 18.7 Å². The molecular weight excluding hydrogens is 222 g/mol. The zero-order chi connectivity index (χ0) is 13.2. The van der Waals surface area contributed by atoms with E-state index in [1.807, 2.05) is 0 Å². The van der Waals surface area contributed by atoms with Crippen molar-refractivity contribution in [2.75, 3.05) is 6.61 Å². The van der Waals surface area contributed by atoms with E-state index in [2.05, 4.69) is 33.0 Å². The van der Waals surface area contributed by atoms with E-state index in [1.54, 1.807) is 0 Å². The van der Waals surface area contributed by atoms with E-state index in [4.69, 9.17) is 4.74 Å². The molecule has 1 aliphatic carbocycles. The van der Waals surface area contributed by atoms with Crippen molar-refractivity contribution in [3.05, 3.63) is 0 Å². The summed E-state index contributed by atoms with van der Waals surface area (Å²) in [6.45, 7) is 10.2. The van der Waals surface area contributed by atoms with E-state index in [0.29, 0.717) is 6.04 Å². The third kappa shape index (κ3) is 3.08. The van der Waals surface area contributed by atoms with Crippen molar-refractivity contribution in [2.24, 2.45) is 11.8 Å². The SMILES string of the molecule is CCC1CCC(NC2CCOC(C)(CC)C2)C1C. The first kappa shape index (κ1) is 14.3. The highest BCUT2D eigenvalue weighted by atomic mass is 16.5. The molecule has 1 saturated heterocycles. The van der Waals surface area contributed by atoms with Crippen LogP contribution in [-0.2, 0) is 4.74 Å². The van der Waals surface area contributed by atoms with Gasteiger partial charge in [0.15, 0.2) is 0 Å². The van der Waals surface area contributed by atoms with Crippen molar-refractivity contribution in [1.29, 1.82) is 0 Å². The van der Waals surface area contributed by atoms with Gasteiger partial charge in [0.1, 0.15) is 0 Å². The summed E-state index contributed by atoms with van der Waals surface area (Å²) in [5.41, 5.74) is 0.113. The molecule has 0 bridgehead atoms. The largest absolute Gasteiger partial charge is 0.375 e. The predicted molar refractivity (Wildman–Crippen MR) is 76.8 cm³/mol. The van der Waals surface area contributed by atoms with Crippen LogP contribution in [0, 0.1) is 11.8 Å². The van der Waals surface area contributed by atoms with Crippen LogP contribution in [0.1, 0.15) is 66.2 Å². The molecule has 0 spiro atoms. The van der Waals surface area contributed by atoms with E-state index < -0.39 is 0 Å². The van der Waals surface area contributed by atoms with Gasteiger partial charge < -0.3 is 10.1 Å². The lowest BCUT2D eigenvalue weighted by atomic mass is 9.88. The Hall–Kier alpha value is -0.0800. The van der Waals surface area contributed by atoms with Crippen molar-refractivity contribution in [2.45, 2.75) is 83.9 Å². The molecule has 106 valence electrons. The van der Waals surface area contributed by atoms with Crippen LogP contribution in [0.3, 0.4) is 0 Å². The Labute approximate surface area is 113 Å². The lowest BCUT2D eigenvalue weighted by Gasteiger charge is -2.39. The average molecular weight is 253 g/mol. The van der Waals surface area contributed by atoms with Gasteiger partial charge in [-0.25, -0.2) is 0 Å². The van der Waals surface area contributed by atoms with Crippen LogP contribution in [0.2, 0.25) is 0 Å². The van der Waals surface area contributed by atoms with Crippen LogP contribution in [0.15, 0.2) is 0 Å². The highest BCUT2D eigenvalue weighted by Gasteiger charge is 2.36. The first-order chi connectivity index (χ1) is 8.58. The maximum absolute atomic E-state index is 5.94. The van der Waals surface area contributed by atoms with Crippen LogP contribution in [0.4, 0.5) is 0 Å². The molecule has 18 heavy (non-hydrogen) atoms. The predicted octanol–water partition coefficient (Wildman–Crippen LogP) is 3.75. The third-order valence-corrected chi connectivity index (χ3v) is 5.54. The molecule has 1 saturated carbocycles. The van der Waals surface area contributed by atoms with Crippen molar-refractivity contribution in [3.63, 3.8) is 0 Å². The van der Waals surface area contributed by atoms with Gasteiger partial charge in [-0.2, -0.15) is 0 Å². The topological polar surface area (TPSA) is 21.3 Å². The van der Waals surface area contributed by atoms with Crippen LogP contribution >= 0.6 is 0 Å². The Balaban J connectivity index is 1.86. The van der Waals surface area contributed by atoms with Gasteiger partial charge in [-0.05, 0) is 50.9 Å². The van der Waals surface area contributed by atoms with Gasteiger partial charge in [-0.15, -0.1) is 0 Å². The molecule has 0 radical (unpaired) electrons. The minimum absolute atomic E-state index is 0.113. The zero-order valence-electron chi connectivity index (χ0n) is 12.7. The number of rotatable bonds is 4. The fourth-order valence-corrected chi connectivity index (χ4v) is 3.88. The Kier molecular flexibility index (Phi) is 4.71. The average Bonchev–Trinajstić information content (AvgIpc) is 2.71. The molecule has 0 aromatic rings. The zero-order valence-corrected chi connectivity index (χ0v) is 12.7. The van der Waals surface area contributed by atoms with Gasteiger partial charge in [0.2, 0.25) is 0 Å². The van der Waals surface area contributed by atoms with Crippen LogP contribution < -0.4 is 5.32 Å². The van der Waals surface area contributed by atoms with E-state index in [1.165, 1.54) is 32.1 Å². The molecule has 0 amide bonds. The molecule has 1 aliphatic heterocycles. The van der Waals surface area contributed by atoms with Crippen LogP contribution in [0.25, 0.3) is 0 Å². The maximum Gasteiger partial charge on any atom is 0.0666 e. The lowest BCUT2D eigenvalue weighted by molar-refractivity contribution is -0.0795. The summed E-state index contributed by atoms with van der Waals surface area (Å²) in [6.07, 6.45) is 7.64. The molecule has 0 aromatic heterocycles. The summed E-state index contributed by atoms with van der Waals surface area (Å²) in [5, 5.41) is 3.94. The second kappa shape index (κ2) is 5.92. The monoisotopic (exact) mass is 253 g/mol. The van der Waals surface area contributed by atoms with Crippen molar-refractivity contribution >= 4 is 0 Å². The van der Waals surface area contributed by atoms with Gasteiger partial charge in [-0.3, -0.25) is 0 Å². The Morgan fingerprint density at radius 2 is 2.00 bits per heavy atom. The smallest absolute Gasteiger partial charge is 0.0666 e. The van der Waals surface area contributed by atoms with Crippen molar-refractivity contribution in [3.8, 4) is 0 Å². The minimum Gasteiger partial charge on any atom is -0.375 e. The summed E-state index contributed by atoms with van der Waals surface area (Å²) in [4.78, 5) is 0. The number of hydrogen-bond donors (Lipinski definition) is 1. The van der Waals surface area contributed by atoms with Crippen LogP contribution in [0.5, 0.6) is 0 Å². The second-order valence-corrected chi connectivity index (χ2v) is 6.72. The Morgan fingerprint density at radius 3 is 2.61 bits per heavy atom. The van der Waals surface area contributed by atoms with E-state index in [9.17, 15) is 0 Å². The molecule has 2 fully saturated rings. The molecule has 0 aromatic carbocycles. The van der Waals surface area contributed by atoms with Gasteiger partial charge in [0.05, 0.1) is 5.60 Å². The molecule has 2 aliphatic rings. The summed E-state index contributed by atoms with van der Waals surface area (Å²) < 4.78 is 5.94. The first-order valence-electron chi connectivity index (χ1n) is 7.98. The van der Waals surface area contributed by atoms with E-state index >= 15 is 0 Å². The molecule has 2 heteroatoms. The Morgan fingerprint density at radius 1 is 1.22 bits per heavy atom. The van der Waals surface area contributed by atoms with Gasteiger partial charge >= 0.3 is 0 Å². The van der Waals surface area contributed by atoms with Crippen LogP contribution in [-0.4, -0.2) is 24.3 Å². The fourth-order valence-electron chi connectivity index (χ4n) is 3.88. The Bertz CT molecular complexity index is 268. The standard InChI is InChI=1S/C16H31NO/c1-5-13-7-8-15(12(13)3)17-14-9-10-18-16(4,6-2)11-14/h12-15,17H,5-11H2,1-4H3. The third-order valence-electron chi connectivity index (χ3n) is 5.54. The normalized spacial score (nSPS) is 45.3.